The highest BCUT2D eigenvalue weighted by molar-refractivity contribution is 6.39. The van der Waals surface area contributed by atoms with E-state index in [-0.39, 0.29) is 12.5 Å². The Morgan fingerprint density at radius 3 is 2.52 bits per heavy atom. The molecule has 4 rings (SSSR count). The summed E-state index contributed by atoms with van der Waals surface area (Å²) in [5.74, 6) is -1.42. The number of amides is 3. The molecule has 2 heterocycles. The van der Waals surface area contributed by atoms with Crippen LogP contribution in [-0.4, -0.2) is 42.0 Å². The van der Waals surface area contributed by atoms with Gasteiger partial charge in [0.2, 0.25) is 5.91 Å². The first kappa shape index (κ1) is 19.1. The third-order valence-electron chi connectivity index (χ3n) is 5.33. The Hall–Kier alpha value is -3.19. The largest absolute Gasteiger partial charge is 0.391 e. The quantitative estimate of drug-likeness (QED) is 0.665. The van der Waals surface area contributed by atoms with Crippen LogP contribution in [0.25, 0.3) is 0 Å². The van der Waals surface area contributed by atoms with Crippen LogP contribution in [0.4, 0.5) is 11.4 Å². The molecule has 7 heteroatoms. The number of hydrogen-bond acceptors (Lipinski definition) is 4. The van der Waals surface area contributed by atoms with Crippen molar-refractivity contribution in [1.29, 1.82) is 0 Å². The monoisotopic (exact) mass is 393 g/mol. The van der Waals surface area contributed by atoms with Gasteiger partial charge >= 0.3 is 11.8 Å². The van der Waals surface area contributed by atoms with E-state index in [1.165, 1.54) is 0 Å². The summed E-state index contributed by atoms with van der Waals surface area (Å²) in [4.78, 5) is 38.2. The molecule has 0 spiro atoms. The van der Waals surface area contributed by atoms with Crippen LogP contribution >= 0.6 is 0 Å². The van der Waals surface area contributed by atoms with Crippen LogP contribution in [0, 0.1) is 0 Å². The van der Waals surface area contributed by atoms with Crippen LogP contribution in [0.1, 0.15) is 23.1 Å². The molecule has 0 aromatic heterocycles. The molecule has 2 aromatic rings. The summed E-state index contributed by atoms with van der Waals surface area (Å²) in [6.07, 6.45) is 1.46. The number of rotatable bonds is 5. The predicted molar refractivity (Wildman–Crippen MR) is 109 cm³/mol. The van der Waals surface area contributed by atoms with Gasteiger partial charge in [0.05, 0.1) is 11.8 Å². The van der Waals surface area contributed by atoms with Gasteiger partial charge in [0.25, 0.3) is 0 Å². The summed E-state index contributed by atoms with van der Waals surface area (Å²) < 4.78 is 0. The zero-order chi connectivity index (χ0) is 20.4. The third kappa shape index (κ3) is 4.14. The number of carbonyl (C=O) groups is 3. The summed E-state index contributed by atoms with van der Waals surface area (Å²) in [5.41, 5.74) is 4.52. The normalized spacial score (nSPS) is 15.6. The van der Waals surface area contributed by atoms with E-state index in [4.69, 9.17) is 0 Å². The minimum atomic E-state index is -0.789. The highest BCUT2D eigenvalue weighted by atomic mass is 16.3. The van der Waals surface area contributed by atoms with Gasteiger partial charge in [-0.25, -0.2) is 0 Å². The molecule has 1 atom stereocenters. The van der Waals surface area contributed by atoms with E-state index in [1.54, 1.807) is 4.90 Å². The van der Waals surface area contributed by atoms with Gasteiger partial charge in [0, 0.05) is 31.6 Å². The molecular weight excluding hydrogens is 370 g/mol. The maximum atomic E-state index is 12.2. The van der Waals surface area contributed by atoms with E-state index in [1.807, 2.05) is 42.5 Å². The lowest BCUT2D eigenvalue weighted by atomic mass is 9.98. The molecule has 0 saturated carbocycles. The molecular formula is C22H23N3O4. The lowest BCUT2D eigenvalue weighted by molar-refractivity contribution is -0.136. The van der Waals surface area contributed by atoms with Gasteiger partial charge in [0.1, 0.15) is 0 Å². The van der Waals surface area contributed by atoms with Gasteiger partial charge in [-0.05, 0) is 41.7 Å². The molecule has 3 N–H and O–H groups in total. The Morgan fingerprint density at radius 2 is 1.76 bits per heavy atom. The van der Waals surface area contributed by atoms with Crippen molar-refractivity contribution in [1.82, 2.24) is 5.32 Å². The number of anilines is 2. The molecule has 0 saturated heterocycles. The van der Waals surface area contributed by atoms with E-state index in [0.717, 1.165) is 28.8 Å². The second-order valence-electron chi connectivity index (χ2n) is 7.45. The Kier molecular flexibility index (Phi) is 5.31. The number of aliphatic hydroxyl groups excluding tert-OH is 1. The number of hydrogen-bond donors (Lipinski definition) is 3. The average Bonchev–Trinajstić information content (AvgIpc) is 3.15. The minimum Gasteiger partial charge on any atom is -0.391 e. The molecule has 3 amide bonds. The maximum Gasteiger partial charge on any atom is 0.313 e. The van der Waals surface area contributed by atoms with E-state index >= 15 is 0 Å². The molecule has 2 aliphatic rings. The van der Waals surface area contributed by atoms with Crippen LogP contribution in [0.3, 0.4) is 0 Å². The zero-order valence-electron chi connectivity index (χ0n) is 16.0. The number of benzene rings is 2. The number of aliphatic hydroxyl groups is 1. The van der Waals surface area contributed by atoms with Crippen molar-refractivity contribution in [3.8, 4) is 0 Å². The fourth-order valence-electron chi connectivity index (χ4n) is 3.97. The van der Waals surface area contributed by atoms with Crippen molar-refractivity contribution in [2.24, 2.45) is 0 Å². The molecule has 0 fully saturated rings. The van der Waals surface area contributed by atoms with Crippen LogP contribution in [0.15, 0.2) is 42.5 Å². The molecule has 0 aliphatic carbocycles. The highest BCUT2D eigenvalue weighted by Gasteiger charge is 2.31. The second kappa shape index (κ2) is 8.05. The van der Waals surface area contributed by atoms with Crippen molar-refractivity contribution in [2.45, 2.75) is 31.8 Å². The summed E-state index contributed by atoms with van der Waals surface area (Å²) in [7, 11) is 0. The topological polar surface area (TPSA) is 98.7 Å². The fraction of sp³-hybridized carbons (Fsp3) is 0.318. The number of carbonyl (C=O) groups excluding carboxylic acids is 3. The average molecular weight is 393 g/mol. The molecule has 29 heavy (non-hydrogen) atoms. The number of nitrogens with zero attached hydrogens (tertiary/aromatic N) is 1. The zero-order valence-corrected chi connectivity index (χ0v) is 16.0. The highest BCUT2D eigenvalue weighted by Crippen LogP contribution is 2.38. The second-order valence-corrected chi connectivity index (χ2v) is 7.45. The summed E-state index contributed by atoms with van der Waals surface area (Å²) in [6, 6.07) is 13.1. The van der Waals surface area contributed by atoms with E-state index < -0.39 is 17.9 Å². The first-order valence-electron chi connectivity index (χ1n) is 9.78. The van der Waals surface area contributed by atoms with Gasteiger partial charge in [0.15, 0.2) is 0 Å². The molecule has 7 nitrogen and oxygen atoms in total. The van der Waals surface area contributed by atoms with Crippen molar-refractivity contribution in [3.63, 3.8) is 0 Å². The Morgan fingerprint density at radius 1 is 1.03 bits per heavy atom. The SMILES string of the molecule is O=C(NCC(O)Cc1ccccc1)C(=O)Nc1cc2c3c(c1)CCN3C(=O)CC2. The van der Waals surface area contributed by atoms with Gasteiger partial charge in [-0.2, -0.15) is 0 Å². The fourth-order valence-corrected chi connectivity index (χ4v) is 3.97. The molecule has 150 valence electrons. The lowest BCUT2D eigenvalue weighted by Gasteiger charge is -2.25. The summed E-state index contributed by atoms with van der Waals surface area (Å²) in [5, 5.41) is 15.2. The first-order chi connectivity index (χ1) is 14.0. The van der Waals surface area contributed by atoms with Crippen LogP contribution in [0.5, 0.6) is 0 Å². The molecule has 1 unspecified atom stereocenters. The molecule has 2 aromatic carbocycles. The van der Waals surface area contributed by atoms with Crippen molar-refractivity contribution in [3.05, 3.63) is 59.2 Å². The molecule has 2 aliphatic heterocycles. The summed E-state index contributed by atoms with van der Waals surface area (Å²) >= 11 is 0. The van der Waals surface area contributed by atoms with Gasteiger partial charge in [-0.1, -0.05) is 30.3 Å². The predicted octanol–water partition coefficient (Wildman–Crippen LogP) is 1.18. The first-order valence-corrected chi connectivity index (χ1v) is 9.78. The van der Waals surface area contributed by atoms with E-state index in [9.17, 15) is 19.5 Å². The van der Waals surface area contributed by atoms with Gasteiger partial charge in [-0.15, -0.1) is 0 Å². The minimum absolute atomic E-state index is 0.00629. The standard InChI is InChI=1S/C22H23N3O4/c26-18(10-14-4-2-1-3-5-14)13-23-21(28)22(29)24-17-11-15-6-7-19(27)25-9-8-16(12-17)20(15)25/h1-5,11-12,18,26H,6-10,13H2,(H,23,28)(H,24,29). The number of nitrogens with one attached hydrogen (secondary N) is 2. The van der Waals surface area contributed by atoms with Crippen molar-refractivity contribution >= 4 is 29.1 Å². The third-order valence-corrected chi connectivity index (χ3v) is 5.33. The lowest BCUT2D eigenvalue weighted by Crippen LogP contribution is -2.40. The molecule has 0 bridgehead atoms. The summed E-state index contributed by atoms with van der Waals surface area (Å²) in [6.45, 7) is 0.659. The van der Waals surface area contributed by atoms with Crippen molar-refractivity contribution < 1.29 is 19.5 Å². The maximum absolute atomic E-state index is 12.2. The number of aryl methyl sites for hydroxylation is 1. The van der Waals surface area contributed by atoms with Crippen LogP contribution in [-0.2, 0) is 33.6 Å². The van der Waals surface area contributed by atoms with Gasteiger partial charge < -0.3 is 20.6 Å². The Labute approximate surface area is 168 Å². The Bertz CT molecular complexity index is 958. The van der Waals surface area contributed by atoms with Crippen LogP contribution < -0.4 is 15.5 Å². The van der Waals surface area contributed by atoms with Crippen molar-refractivity contribution in [2.75, 3.05) is 23.3 Å². The molecule has 0 radical (unpaired) electrons. The smallest absolute Gasteiger partial charge is 0.313 e. The van der Waals surface area contributed by atoms with Gasteiger partial charge in [-0.3, -0.25) is 14.4 Å². The van der Waals surface area contributed by atoms with E-state index in [2.05, 4.69) is 10.6 Å². The Balaban J connectivity index is 1.34. The van der Waals surface area contributed by atoms with Crippen LogP contribution in [0.2, 0.25) is 0 Å². The van der Waals surface area contributed by atoms with E-state index in [0.29, 0.717) is 31.5 Å².